The first-order valence-corrected chi connectivity index (χ1v) is 46.3. The third-order valence-electron chi connectivity index (χ3n) is 28.6. The number of aromatic amines is 4. The molecule has 8 aromatic carbocycles. The molecular weight excluding hydrogens is 1680 g/mol. The van der Waals surface area contributed by atoms with E-state index in [1.165, 1.54) is 97.6 Å². The Morgan fingerprint density at radius 2 is 0.788 bits per heavy atom. The number of imidazole rings is 1. The number of hydrogen-bond acceptors (Lipinski definition) is 13. The molecule has 6 aliphatic rings. The number of nitrogens with zero attached hydrogens (tertiary/aromatic N) is 13. The van der Waals surface area contributed by atoms with Crippen LogP contribution in [0, 0.1) is 40.5 Å². The number of carbonyl (C=O) groups is 2. The Kier molecular flexibility index (Phi) is 23.8. The smallest absolute Gasteiger partial charge is 0.223 e. The summed E-state index contributed by atoms with van der Waals surface area (Å²) in [7, 11) is 0. The van der Waals surface area contributed by atoms with Gasteiger partial charge in [-0.15, -0.1) is 0 Å². The molecule has 0 spiro atoms. The van der Waals surface area contributed by atoms with Gasteiger partial charge < -0.3 is 53.3 Å². The van der Waals surface area contributed by atoms with E-state index in [4.69, 9.17) is 30.4 Å². The summed E-state index contributed by atoms with van der Waals surface area (Å²) in [5, 5.41) is 42.7. The SMILES string of the molecule is CC1(C(N)=O)CC(c2c(C3CCOCC3)n(-c3ccc(F)cc3)c3cc4cn[nH]c4cc23)C1.Fc1ccc(-n2c(C3CCOCC3)c(CCCn3ccnc3)c3cc4[nH]ncc4cc32)cc1.Fc1ccc(-n2c(C3CCOCC3)c(CCCn3cncn3)c3cc4[nH]ncc4cc32)cc1.NC(=O)C1CC(Cc2c(C3CCOCC3)n(-c3ccc(F)cc3)c3cc4cn[nH]c4cc23)C1. The molecule has 25 nitrogen and oxygen atoms in total. The molecule has 24 rings (SSSR count). The van der Waals surface area contributed by atoms with Gasteiger partial charge in [-0.05, 0) is 289 Å². The van der Waals surface area contributed by atoms with Gasteiger partial charge in [-0.1, -0.05) is 6.92 Å². The fourth-order valence-corrected chi connectivity index (χ4v) is 21.9. The van der Waals surface area contributed by atoms with Crippen LogP contribution in [0.4, 0.5) is 17.6 Å². The van der Waals surface area contributed by atoms with Crippen LogP contribution in [-0.2, 0) is 60.9 Å². The Morgan fingerprint density at radius 3 is 1.15 bits per heavy atom. The van der Waals surface area contributed by atoms with Crippen molar-refractivity contribution in [1.29, 1.82) is 0 Å². The van der Waals surface area contributed by atoms with E-state index >= 15 is 0 Å². The van der Waals surface area contributed by atoms with Crippen molar-refractivity contribution in [3.05, 3.63) is 270 Å². The predicted molar refractivity (Wildman–Crippen MR) is 500 cm³/mol. The molecule has 132 heavy (non-hydrogen) atoms. The number of nitrogens with two attached hydrogens (primary N) is 2. The number of aryl methyl sites for hydroxylation is 4. The molecule has 676 valence electrons. The average Bonchev–Trinajstić information content (AvgIpc) is 1.59. The third-order valence-corrected chi connectivity index (χ3v) is 28.6. The second-order valence-corrected chi connectivity index (χ2v) is 36.8. The monoisotopic (exact) mass is 1780 g/mol. The number of H-pyrrole nitrogens is 4. The van der Waals surface area contributed by atoms with Gasteiger partial charge in [-0.3, -0.25) is 34.7 Å². The zero-order valence-corrected chi connectivity index (χ0v) is 73.6. The highest BCUT2D eigenvalue weighted by Crippen LogP contribution is 2.56. The molecule has 0 atom stereocenters. The van der Waals surface area contributed by atoms with Gasteiger partial charge in [-0.25, -0.2) is 27.5 Å². The molecular formula is C103H105F4N19O6. The summed E-state index contributed by atoms with van der Waals surface area (Å²) < 4.78 is 91.2. The number of nitrogens with one attached hydrogen (secondary N) is 4. The van der Waals surface area contributed by atoms with E-state index in [9.17, 15) is 27.2 Å². The third kappa shape index (κ3) is 16.8. The second kappa shape index (κ2) is 36.8. The number of ether oxygens (including phenoxy) is 4. The number of rotatable bonds is 21. The maximum Gasteiger partial charge on any atom is 0.223 e. The molecule has 0 bridgehead atoms. The highest BCUT2D eigenvalue weighted by atomic mass is 19.1. The molecule has 0 unspecified atom stereocenters. The molecule has 2 aliphatic carbocycles. The zero-order valence-electron chi connectivity index (χ0n) is 73.6. The molecule has 2 saturated carbocycles. The topological polar surface area (TPSA) is 306 Å². The summed E-state index contributed by atoms with van der Waals surface area (Å²) >= 11 is 0. The first kappa shape index (κ1) is 85.4. The van der Waals surface area contributed by atoms with E-state index in [2.05, 4.69) is 127 Å². The van der Waals surface area contributed by atoms with Crippen molar-refractivity contribution in [1.82, 2.24) is 83.4 Å². The van der Waals surface area contributed by atoms with Gasteiger partial charge in [0.2, 0.25) is 11.8 Å². The summed E-state index contributed by atoms with van der Waals surface area (Å²) in [6.45, 7) is 9.70. The van der Waals surface area contributed by atoms with Crippen LogP contribution in [0.25, 0.3) is 110 Å². The molecule has 29 heteroatoms. The number of benzene rings is 8. The van der Waals surface area contributed by atoms with Crippen molar-refractivity contribution in [2.75, 3.05) is 52.9 Å². The number of aromatic nitrogens is 17. The first-order chi connectivity index (χ1) is 64.6. The van der Waals surface area contributed by atoms with Crippen LogP contribution >= 0.6 is 0 Å². The summed E-state index contributed by atoms with van der Waals surface area (Å²) in [6.07, 6.45) is 32.0. The largest absolute Gasteiger partial charge is 0.381 e. The molecule has 4 saturated heterocycles. The number of primary amides is 2. The lowest BCUT2D eigenvalue weighted by Gasteiger charge is -2.44. The van der Waals surface area contributed by atoms with Crippen LogP contribution < -0.4 is 11.5 Å². The first-order valence-electron chi connectivity index (χ1n) is 46.3. The molecule has 0 radical (unpaired) electrons. The quantitative estimate of drug-likeness (QED) is 0.0365. The average molecular weight is 1780 g/mol. The predicted octanol–water partition coefficient (Wildman–Crippen LogP) is 19.6. The van der Waals surface area contributed by atoms with E-state index < -0.39 is 5.41 Å². The van der Waals surface area contributed by atoms with Crippen molar-refractivity contribution < 1.29 is 46.1 Å². The minimum Gasteiger partial charge on any atom is -0.381 e. The van der Waals surface area contributed by atoms with E-state index in [0.29, 0.717) is 29.6 Å². The maximum absolute atomic E-state index is 13.8. The van der Waals surface area contributed by atoms with Gasteiger partial charge >= 0.3 is 0 Å². The van der Waals surface area contributed by atoms with E-state index in [0.717, 1.165) is 269 Å². The number of amides is 2. The van der Waals surface area contributed by atoms with Crippen molar-refractivity contribution in [2.24, 2.45) is 28.7 Å². The number of hydrogen-bond donors (Lipinski definition) is 6. The Labute approximate surface area is 757 Å². The Balaban J connectivity index is 0.000000106. The number of fused-ring (bicyclic) bond motifs is 8. The number of halogens is 4. The highest BCUT2D eigenvalue weighted by Gasteiger charge is 2.48. The van der Waals surface area contributed by atoms with Gasteiger partial charge in [0.05, 0.1) is 75.2 Å². The van der Waals surface area contributed by atoms with Gasteiger partial charge in [0.25, 0.3) is 0 Å². The van der Waals surface area contributed by atoms with Gasteiger partial charge in [0.15, 0.2) is 0 Å². The fourth-order valence-electron chi connectivity index (χ4n) is 21.9. The minimum absolute atomic E-state index is 0.00806. The lowest BCUT2D eigenvalue weighted by atomic mass is 9.60. The normalized spacial score (nSPS) is 18.8. The van der Waals surface area contributed by atoms with Crippen molar-refractivity contribution in [3.63, 3.8) is 0 Å². The lowest BCUT2D eigenvalue weighted by Crippen LogP contribution is -2.44. The molecule has 14 heterocycles. The van der Waals surface area contributed by atoms with Crippen molar-refractivity contribution in [3.8, 4) is 22.7 Å². The fraction of sp³-hybridized carbons (Fsp3) is 0.350. The Bertz CT molecular complexity index is 6930. The highest BCUT2D eigenvalue weighted by molar-refractivity contribution is 6.03. The van der Waals surface area contributed by atoms with Gasteiger partial charge in [0.1, 0.15) is 35.9 Å². The van der Waals surface area contributed by atoms with Crippen LogP contribution in [0.2, 0.25) is 0 Å². The molecule has 18 aromatic rings. The van der Waals surface area contributed by atoms with Gasteiger partial charge in [-0.2, -0.15) is 25.5 Å². The van der Waals surface area contributed by atoms with Crippen LogP contribution in [0.15, 0.2) is 202 Å². The zero-order chi connectivity index (χ0) is 89.7. The van der Waals surface area contributed by atoms with Crippen LogP contribution in [-0.4, -0.2) is 148 Å². The molecule has 6 fully saturated rings. The number of carbonyl (C=O) groups excluding carboxylic acids is 2. The molecule has 4 aliphatic heterocycles. The summed E-state index contributed by atoms with van der Waals surface area (Å²) in [5.74, 6) is 0.760. The Hall–Kier alpha value is -13.4. The summed E-state index contributed by atoms with van der Waals surface area (Å²) in [6, 6.07) is 44.7. The van der Waals surface area contributed by atoms with Crippen molar-refractivity contribution >= 4 is 99.0 Å². The van der Waals surface area contributed by atoms with Crippen molar-refractivity contribution in [2.45, 2.75) is 159 Å². The summed E-state index contributed by atoms with van der Waals surface area (Å²) in [4.78, 5) is 31.9. The molecule has 8 N–H and O–H groups in total. The second-order valence-electron chi connectivity index (χ2n) is 36.8. The van der Waals surface area contributed by atoms with E-state index in [-0.39, 0.29) is 46.9 Å². The maximum atomic E-state index is 13.8. The van der Waals surface area contributed by atoms with E-state index in [1.54, 1.807) is 24.8 Å². The molecule has 10 aromatic heterocycles. The van der Waals surface area contributed by atoms with Gasteiger partial charge in [0, 0.05) is 202 Å². The van der Waals surface area contributed by atoms with E-state index in [1.807, 2.05) is 104 Å². The van der Waals surface area contributed by atoms with Crippen LogP contribution in [0.3, 0.4) is 0 Å². The lowest BCUT2D eigenvalue weighted by molar-refractivity contribution is -0.132. The standard InChI is InChI=1S/C26H26FN5O.2C26H27FN4O2.C25H25FN6O/c27-20-3-5-21(6-4-20)32-25-14-19-16-29-30-24(19)15-23(25)22(2-1-10-31-11-9-28-17-31)26(32)18-7-12-33-13-8-18;1-26(25(28)32)12-17(13-26)23-20-11-21-16(14-29-30-21)10-22(20)31(19-4-2-18(27)3-5-19)24(23)15-6-8-33-9-7-15;27-19-1-3-20(4-2-19)31-24-12-18-14-29-30-23(18)13-21(24)22(11-15-9-17(10-15)26(28)32)25(31)16-5-7-33-8-6-16;26-19-3-5-20(6-4-19)32-24-12-18-14-28-30-23(18)13-22(24)21(2-1-9-31-16-27-15-29-31)25(32)17-7-10-33-11-8-17/h3-6,9,11,14-18H,1-2,7-8,10,12-13H2,(H,29,30);2-5,10-11,14-15,17H,6-9,12-13H2,1H3,(H2,28,32)(H,29,30);1-4,12-17H,5-11H2,(H2,28,32)(H,29,30);3-6,12-17H,1-2,7-11H2,(H,28,30). The Morgan fingerprint density at radius 1 is 0.432 bits per heavy atom. The van der Waals surface area contributed by atoms with Crippen LogP contribution in [0.1, 0.15) is 171 Å². The summed E-state index contributed by atoms with van der Waals surface area (Å²) in [5.41, 5.74) is 33.7. The molecule has 2 amide bonds. The van der Waals surface area contributed by atoms with Crippen LogP contribution in [0.5, 0.6) is 0 Å². The minimum atomic E-state index is -0.472.